The molecular formula is C17H18Cl2N4O. The van der Waals surface area contributed by atoms with Crippen molar-refractivity contribution in [2.45, 2.75) is 0 Å². The van der Waals surface area contributed by atoms with Crippen LogP contribution in [0.5, 0.6) is 0 Å². The van der Waals surface area contributed by atoms with E-state index < -0.39 is 0 Å². The number of hydrogen-bond acceptors (Lipinski definition) is 4. The van der Waals surface area contributed by atoms with Crippen molar-refractivity contribution in [1.82, 2.24) is 9.88 Å². The van der Waals surface area contributed by atoms with Crippen LogP contribution in [0.15, 0.2) is 42.6 Å². The first-order valence-electron chi connectivity index (χ1n) is 7.76. The minimum atomic E-state index is 0.0479. The Balaban J connectivity index is 1.51. The minimum absolute atomic E-state index is 0.0479. The fourth-order valence-corrected chi connectivity index (χ4v) is 3.00. The highest BCUT2D eigenvalue weighted by Gasteiger charge is 2.21. The Bertz CT molecular complexity index is 703. The summed E-state index contributed by atoms with van der Waals surface area (Å²) in [5.41, 5.74) is 0.671. The summed E-state index contributed by atoms with van der Waals surface area (Å²) in [6, 6.07) is 11.0. The number of benzene rings is 1. The second kappa shape index (κ2) is 7.73. The molecule has 1 saturated heterocycles. The molecule has 0 bridgehead atoms. The van der Waals surface area contributed by atoms with Gasteiger partial charge in [0.25, 0.3) is 0 Å². The average molecular weight is 365 g/mol. The maximum atomic E-state index is 12.4. The van der Waals surface area contributed by atoms with Gasteiger partial charge in [-0.2, -0.15) is 0 Å². The highest BCUT2D eigenvalue weighted by Crippen LogP contribution is 2.25. The van der Waals surface area contributed by atoms with Crippen LogP contribution in [0, 0.1) is 0 Å². The Morgan fingerprint density at radius 1 is 1.12 bits per heavy atom. The molecule has 0 aliphatic carbocycles. The van der Waals surface area contributed by atoms with E-state index in [0.29, 0.717) is 28.8 Å². The summed E-state index contributed by atoms with van der Waals surface area (Å²) in [5, 5.41) is 4.19. The van der Waals surface area contributed by atoms with E-state index in [9.17, 15) is 4.79 Å². The minimum Gasteiger partial charge on any atom is -0.375 e. The smallest absolute Gasteiger partial charge is 0.241 e. The molecule has 0 spiro atoms. The summed E-state index contributed by atoms with van der Waals surface area (Å²) in [5.74, 6) is 1.00. The second-order valence-corrected chi connectivity index (χ2v) is 6.38. The van der Waals surface area contributed by atoms with Gasteiger partial charge in [-0.3, -0.25) is 4.79 Å². The van der Waals surface area contributed by atoms with Crippen LogP contribution in [0.25, 0.3) is 0 Å². The molecule has 2 aromatic rings. The maximum absolute atomic E-state index is 12.4. The molecule has 7 heteroatoms. The number of piperazine rings is 1. The number of carbonyl (C=O) groups is 1. The molecule has 1 aliphatic heterocycles. The van der Waals surface area contributed by atoms with Crippen LogP contribution in [0.2, 0.25) is 10.0 Å². The monoisotopic (exact) mass is 364 g/mol. The number of nitrogens with one attached hydrogen (secondary N) is 1. The maximum Gasteiger partial charge on any atom is 0.241 e. The van der Waals surface area contributed by atoms with Gasteiger partial charge >= 0.3 is 0 Å². The number of anilines is 2. The summed E-state index contributed by atoms with van der Waals surface area (Å²) in [6.45, 7) is 3.12. The van der Waals surface area contributed by atoms with Gasteiger partial charge in [-0.15, -0.1) is 0 Å². The van der Waals surface area contributed by atoms with Crippen LogP contribution in [0.3, 0.4) is 0 Å². The number of carbonyl (C=O) groups excluding carboxylic acids is 1. The predicted octanol–water partition coefficient (Wildman–Crippen LogP) is 3.15. The Hall–Kier alpha value is -1.98. The fourth-order valence-electron chi connectivity index (χ4n) is 2.64. The van der Waals surface area contributed by atoms with E-state index >= 15 is 0 Å². The number of halogens is 2. The molecule has 5 nitrogen and oxygen atoms in total. The Labute approximate surface area is 151 Å². The molecule has 0 atom stereocenters. The predicted molar refractivity (Wildman–Crippen MR) is 98.0 cm³/mol. The first-order valence-corrected chi connectivity index (χ1v) is 8.52. The van der Waals surface area contributed by atoms with E-state index in [-0.39, 0.29) is 12.5 Å². The zero-order chi connectivity index (χ0) is 16.9. The lowest BCUT2D eigenvalue weighted by Gasteiger charge is -2.35. The number of rotatable bonds is 4. The van der Waals surface area contributed by atoms with Crippen molar-refractivity contribution in [3.8, 4) is 0 Å². The van der Waals surface area contributed by atoms with Gasteiger partial charge in [-0.25, -0.2) is 4.98 Å². The lowest BCUT2D eigenvalue weighted by molar-refractivity contribution is -0.129. The summed E-state index contributed by atoms with van der Waals surface area (Å²) in [4.78, 5) is 20.8. The Kier molecular flexibility index (Phi) is 5.43. The molecule has 0 saturated carbocycles. The number of hydrogen-bond donors (Lipinski definition) is 1. The molecular weight excluding hydrogens is 347 g/mol. The van der Waals surface area contributed by atoms with Crippen molar-refractivity contribution in [3.05, 3.63) is 52.6 Å². The van der Waals surface area contributed by atoms with Crippen molar-refractivity contribution in [3.63, 3.8) is 0 Å². The van der Waals surface area contributed by atoms with Gasteiger partial charge in [-0.1, -0.05) is 29.3 Å². The van der Waals surface area contributed by atoms with E-state index in [1.165, 1.54) is 0 Å². The molecule has 1 N–H and O–H groups in total. The van der Waals surface area contributed by atoms with Crippen molar-refractivity contribution >= 4 is 40.6 Å². The van der Waals surface area contributed by atoms with Crippen molar-refractivity contribution in [2.24, 2.45) is 0 Å². The van der Waals surface area contributed by atoms with E-state index in [1.54, 1.807) is 24.4 Å². The first-order chi connectivity index (χ1) is 11.6. The van der Waals surface area contributed by atoms with Crippen LogP contribution >= 0.6 is 23.2 Å². The van der Waals surface area contributed by atoms with Crippen LogP contribution in [0.1, 0.15) is 0 Å². The van der Waals surface area contributed by atoms with Crippen LogP contribution in [0.4, 0.5) is 11.5 Å². The number of pyridine rings is 1. The molecule has 0 radical (unpaired) electrons. The molecule has 24 heavy (non-hydrogen) atoms. The SMILES string of the molecule is O=C(CNc1cc(Cl)ccc1Cl)N1CCN(c2ccccn2)CC1. The van der Waals surface area contributed by atoms with Gasteiger partial charge in [0.2, 0.25) is 5.91 Å². The average Bonchev–Trinajstić information content (AvgIpc) is 2.63. The van der Waals surface area contributed by atoms with Crippen LogP contribution in [-0.4, -0.2) is 48.5 Å². The van der Waals surface area contributed by atoms with Gasteiger partial charge in [0.05, 0.1) is 17.3 Å². The zero-order valence-electron chi connectivity index (χ0n) is 13.1. The fraction of sp³-hybridized carbons (Fsp3) is 0.294. The number of nitrogens with zero attached hydrogens (tertiary/aromatic N) is 3. The van der Waals surface area contributed by atoms with Crippen molar-refractivity contribution in [1.29, 1.82) is 0 Å². The van der Waals surface area contributed by atoms with Crippen molar-refractivity contribution in [2.75, 3.05) is 42.9 Å². The molecule has 2 heterocycles. The molecule has 126 valence electrons. The van der Waals surface area contributed by atoms with E-state index in [0.717, 1.165) is 18.9 Å². The van der Waals surface area contributed by atoms with E-state index in [2.05, 4.69) is 15.2 Å². The highest BCUT2D eigenvalue weighted by atomic mass is 35.5. The van der Waals surface area contributed by atoms with Gasteiger partial charge in [0, 0.05) is 37.4 Å². The molecule has 0 unspecified atom stereocenters. The molecule has 1 fully saturated rings. The quantitative estimate of drug-likeness (QED) is 0.905. The van der Waals surface area contributed by atoms with Crippen molar-refractivity contribution < 1.29 is 4.79 Å². The third-order valence-corrected chi connectivity index (χ3v) is 4.53. The summed E-state index contributed by atoms with van der Waals surface area (Å²) in [6.07, 6.45) is 1.78. The third-order valence-electron chi connectivity index (χ3n) is 3.96. The second-order valence-electron chi connectivity index (χ2n) is 5.53. The molecule has 1 aromatic heterocycles. The van der Waals surface area contributed by atoms with Gasteiger partial charge < -0.3 is 15.1 Å². The third kappa shape index (κ3) is 4.10. The van der Waals surface area contributed by atoms with Crippen LogP contribution < -0.4 is 10.2 Å². The molecule has 3 rings (SSSR count). The Morgan fingerprint density at radius 2 is 1.92 bits per heavy atom. The van der Waals surface area contributed by atoms with E-state index in [1.807, 2.05) is 23.1 Å². The first kappa shape index (κ1) is 16.9. The topological polar surface area (TPSA) is 48.5 Å². The lowest BCUT2D eigenvalue weighted by Crippen LogP contribution is -2.50. The standard InChI is InChI=1S/C17H18Cl2N4O/c18-13-4-5-14(19)15(11-13)21-12-17(24)23-9-7-22(8-10-23)16-3-1-2-6-20-16/h1-6,11,21H,7-10,12H2. The molecule has 1 aromatic carbocycles. The summed E-state index contributed by atoms with van der Waals surface area (Å²) >= 11 is 12.0. The largest absolute Gasteiger partial charge is 0.375 e. The number of aromatic nitrogens is 1. The summed E-state index contributed by atoms with van der Waals surface area (Å²) < 4.78 is 0. The Morgan fingerprint density at radius 3 is 2.62 bits per heavy atom. The normalized spacial score (nSPS) is 14.6. The highest BCUT2D eigenvalue weighted by molar-refractivity contribution is 6.35. The number of amides is 1. The van der Waals surface area contributed by atoms with E-state index in [4.69, 9.17) is 23.2 Å². The van der Waals surface area contributed by atoms with Gasteiger partial charge in [0.1, 0.15) is 5.82 Å². The summed E-state index contributed by atoms with van der Waals surface area (Å²) in [7, 11) is 0. The zero-order valence-corrected chi connectivity index (χ0v) is 14.6. The molecule has 1 aliphatic rings. The lowest BCUT2D eigenvalue weighted by atomic mass is 10.3. The van der Waals surface area contributed by atoms with Crippen LogP contribution in [-0.2, 0) is 4.79 Å². The molecule has 1 amide bonds. The van der Waals surface area contributed by atoms with Gasteiger partial charge in [0.15, 0.2) is 0 Å². The van der Waals surface area contributed by atoms with Gasteiger partial charge in [-0.05, 0) is 30.3 Å².